The highest BCUT2D eigenvalue weighted by Crippen LogP contribution is 2.31. The molecule has 6 nitrogen and oxygen atoms in total. The lowest BCUT2D eigenvalue weighted by atomic mass is 10.1. The molecule has 1 aromatic carbocycles. The molecule has 0 saturated heterocycles. The molecule has 0 atom stereocenters. The molecule has 0 bridgehead atoms. The van der Waals surface area contributed by atoms with Crippen LogP contribution < -0.4 is 4.74 Å². The molecule has 0 aliphatic carbocycles. The van der Waals surface area contributed by atoms with Crippen LogP contribution in [-0.2, 0) is 16.5 Å². The summed E-state index contributed by atoms with van der Waals surface area (Å²) in [4.78, 5) is 20.7. The van der Waals surface area contributed by atoms with Crippen molar-refractivity contribution in [3.05, 3.63) is 33.4 Å². The number of hydrogen-bond donors (Lipinski definition) is 1. The van der Waals surface area contributed by atoms with Crippen molar-refractivity contribution in [3.63, 3.8) is 0 Å². The van der Waals surface area contributed by atoms with Crippen LogP contribution in [0.15, 0.2) is 12.1 Å². The standard InChI is InChI=1S/C10H8BrF2NO5/c11-4-6-1-5(2-9(15)16)8(19-10(12)13)3-7(6)14(17)18/h1,3,10H,2,4H2,(H,15,16). The molecule has 0 aliphatic rings. The van der Waals surface area contributed by atoms with Crippen molar-refractivity contribution in [3.8, 4) is 5.75 Å². The molecule has 9 heteroatoms. The minimum Gasteiger partial charge on any atom is -0.481 e. The zero-order valence-corrected chi connectivity index (χ0v) is 10.9. The lowest BCUT2D eigenvalue weighted by Crippen LogP contribution is -2.09. The second-order valence-corrected chi connectivity index (χ2v) is 3.99. The second kappa shape index (κ2) is 6.41. The zero-order chi connectivity index (χ0) is 14.6. The average molecular weight is 340 g/mol. The molecule has 0 spiro atoms. The van der Waals surface area contributed by atoms with E-state index in [1.807, 2.05) is 0 Å². The van der Waals surface area contributed by atoms with Crippen LogP contribution in [0.1, 0.15) is 11.1 Å². The minimum absolute atomic E-state index is 0.0483. The van der Waals surface area contributed by atoms with Crippen LogP contribution in [0.4, 0.5) is 14.5 Å². The summed E-state index contributed by atoms with van der Waals surface area (Å²) in [7, 11) is 0. The molecule has 1 aromatic rings. The first-order chi connectivity index (χ1) is 8.85. The fourth-order valence-corrected chi connectivity index (χ4v) is 1.90. The highest BCUT2D eigenvalue weighted by atomic mass is 79.9. The molecule has 0 heterocycles. The van der Waals surface area contributed by atoms with Crippen molar-refractivity contribution in [2.75, 3.05) is 0 Å². The van der Waals surface area contributed by atoms with Gasteiger partial charge in [-0.2, -0.15) is 8.78 Å². The average Bonchev–Trinajstić information content (AvgIpc) is 2.29. The van der Waals surface area contributed by atoms with E-state index in [1.165, 1.54) is 6.07 Å². The number of carbonyl (C=O) groups is 1. The molecule has 0 saturated carbocycles. The summed E-state index contributed by atoms with van der Waals surface area (Å²) in [5.74, 6) is -1.76. The number of ether oxygens (including phenoxy) is 1. The van der Waals surface area contributed by atoms with Gasteiger partial charge in [-0.05, 0) is 6.07 Å². The molecule has 19 heavy (non-hydrogen) atoms. The molecule has 0 radical (unpaired) electrons. The van der Waals surface area contributed by atoms with Crippen LogP contribution in [0, 0.1) is 10.1 Å². The minimum atomic E-state index is -3.19. The monoisotopic (exact) mass is 339 g/mol. The highest BCUT2D eigenvalue weighted by molar-refractivity contribution is 9.08. The number of nitrogens with zero attached hydrogens (tertiary/aromatic N) is 1. The van der Waals surface area contributed by atoms with Crippen LogP contribution >= 0.6 is 15.9 Å². The van der Waals surface area contributed by atoms with Crippen LogP contribution in [0.25, 0.3) is 0 Å². The Morgan fingerprint density at radius 3 is 2.53 bits per heavy atom. The molecule has 104 valence electrons. The molecular formula is C10H8BrF2NO5. The van der Waals surface area contributed by atoms with Crippen molar-refractivity contribution in [2.45, 2.75) is 18.4 Å². The Balaban J connectivity index is 3.33. The number of nitro benzene ring substituents is 1. The number of alkyl halides is 3. The predicted octanol–water partition coefficient (Wildman–Crippen LogP) is 2.72. The van der Waals surface area contributed by atoms with Gasteiger partial charge in [0, 0.05) is 16.5 Å². The third-order valence-electron chi connectivity index (χ3n) is 2.16. The van der Waals surface area contributed by atoms with E-state index in [-0.39, 0.29) is 16.5 Å². The molecule has 0 aliphatic heterocycles. The molecule has 0 unspecified atom stereocenters. The van der Waals surface area contributed by atoms with Crippen molar-refractivity contribution >= 4 is 27.6 Å². The summed E-state index contributed by atoms with van der Waals surface area (Å²) in [6, 6.07) is 1.97. The highest BCUT2D eigenvalue weighted by Gasteiger charge is 2.21. The van der Waals surface area contributed by atoms with Gasteiger partial charge in [0.2, 0.25) is 0 Å². The van der Waals surface area contributed by atoms with Gasteiger partial charge in [0.15, 0.2) is 0 Å². The molecule has 0 fully saturated rings. The van der Waals surface area contributed by atoms with Gasteiger partial charge in [0.05, 0.1) is 17.4 Å². The number of halogens is 3. The van der Waals surface area contributed by atoms with Crippen LogP contribution in [-0.4, -0.2) is 22.6 Å². The van der Waals surface area contributed by atoms with E-state index < -0.39 is 35.4 Å². The third kappa shape index (κ3) is 4.12. The topological polar surface area (TPSA) is 89.7 Å². The first-order valence-corrected chi connectivity index (χ1v) is 6.00. The summed E-state index contributed by atoms with van der Waals surface area (Å²) in [6.45, 7) is -3.19. The Hall–Kier alpha value is -1.77. The lowest BCUT2D eigenvalue weighted by molar-refractivity contribution is -0.385. The van der Waals surface area contributed by atoms with Crippen LogP contribution in [0.2, 0.25) is 0 Å². The number of benzene rings is 1. The largest absolute Gasteiger partial charge is 0.481 e. The number of carboxylic acids is 1. The van der Waals surface area contributed by atoms with Crippen molar-refractivity contribution < 1.29 is 28.3 Å². The first kappa shape index (κ1) is 15.3. The molecular weight excluding hydrogens is 332 g/mol. The van der Waals surface area contributed by atoms with Gasteiger partial charge >= 0.3 is 12.6 Å². The van der Waals surface area contributed by atoms with Crippen molar-refractivity contribution in [1.29, 1.82) is 0 Å². The Morgan fingerprint density at radius 1 is 1.47 bits per heavy atom. The fraction of sp³-hybridized carbons (Fsp3) is 0.300. The van der Waals surface area contributed by atoms with Gasteiger partial charge < -0.3 is 9.84 Å². The van der Waals surface area contributed by atoms with Gasteiger partial charge in [0.1, 0.15) is 5.75 Å². The van der Waals surface area contributed by atoms with E-state index in [9.17, 15) is 23.7 Å². The van der Waals surface area contributed by atoms with Gasteiger partial charge in [-0.15, -0.1) is 0 Å². The van der Waals surface area contributed by atoms with Gasteiger partial charge in [-0.1, -0.05) is 15.9 Å². The Morgan fingerprint density at radius 2 is 2.11 bits per heavy atom. The summed E-state index contributed by atoms with van der Waals surface area (Å²) in [6.07, 6.45) is -0.569. The second-order valence-electron chi connectivity index (χ2n) is 3.43. The molecule has 1 rings (SSSR count). The predicted molar refractivity (Wildman–Crippen MR) is 63.7 cm³/mol. The number of nitro groups is 1. The number of carboxylic acid groups (broad SMARTS) is 1. The molecule has 0 aromatic heterocycles. The number of aliphatic carboxylic acids is 1. The van der Waals surface area contributed by atoms with E-state index in [2.05, 4.69) is 20.7 Å². The van der Waals surface area contributed by atoms with Gasteiger partial charge in [-0.3, -0.25) is 14.9 Å². The maximum absolute atomic E-state index is 12.2. The van der Waals surface area contributed by atoms with E-state index in [1.54, 1.807) is 0 Å². The van der Waals surface area contributed by atoms with Gasteiger partial charge in [0.25, 0.3) is 5.69 Å². The number of rotatable bonds is 6. The third-order valence-corrected chi connectivity index (χ3v) is 2.76. The van der Waals surface area contributed by atoms with Crippen molar-refractivity contribution in [2.24, 2.45) is 0 Å². The maximum atomic E-state index is 12.2. The van der Waals surface area contributed by atoms with Crippen LogP contribution in [0.5, 0.6) is 5.75 Å². The van der Waals surface area contributed by atoms with E-state index in [0.717, 1.165) is 6.07 Å². The molecule has 0 amide bonds. The Kier molecular flexibility index (Phi) is 5.16. The summed E-state index contributed by atoms with van der Waals surface area (Å²) in [5, 5.41) is 19.5. The Labute approximate surface area is 114 Å². The molecule has 1 N–H and O–H groups in total. The number of hydrogen-bond acceptors (Lipinski definition) is 4. The van der Waals surface area contributed by atoms with E-state index >= 15 is 0 Å². The van der Waals surface area contributed by atoms with Crippen LogP contribution in [0.3, 0.4) is 0 Å². The quantitative estimate of drug-likeness (QED) is 0.489. The van der Waals surface area contributed by atoms with E-state index in [4.69, 9.17) is 5.11 Å². The van der Waals surface area contributed by atoms with E-state index in [0.29, 0.717) is 0 Å². The Bertz CT molecular complexity index is 509. The lowest BCUT2D eigenvalue weighted by Gasteiger charge is -2.11. The zero-order valence-electron chi connectivity index (χ0n) is 9.31. The maximum Gasteiger partial charge on any atom is 0.387 e. The van der Waals surface area contributed by atoms with Crippen molar-refractivity contribution in [1.82, 2.24) is 0 Å². The smallest absolute Gasteiger partial charge is 0.387 e. The normalized spacial score (nSPS) is 10.5. The first-order valence-electron chi connectivity index (χ1n) is 4.88. The fourth-order valence-electron chi connectivity index (χ4n) is 1.45. The van der Waals surface area contributed by atoms with Gasteiger partial charge in [-0.25, -0.2) is 0 Å². The summed E-state index contributed by atoms with van der Waals surface area (Å²) in [5.41, 5.74) is -0.280. The SMILES string of the molecule is O=C(O)Cc1cc(CBr)c([N+](=O)[O-])cc1OC(F)F. The summed E-state index contributed by atoms with van der Waals surface area (Å²) >= 11 is 3.01. The summed E-state index contributed by atoms with van der Waals surface area (Å²) < 4.78 is 28.5.